The number of rotatable bonds is 13. The number of nitrogens with zero attached hydrogens (tertiary/aromatic N) is 3. The van der Waals surface area contributed by atoms with E-state index >= 15 is 0 Å². The van der Waals surface area contributed by atoms with Gasteiger partial charge in [0, 0.05) is 11.9 Å². The molecule has 0 radical (unpaired) electrons. The Bertz CT molecular complexity index is 2440. The third-order valence-electron chi connectivity index (χ3n) is 9.99. The van der Waals surface area contributed by atoms with Crippen LogP contribution in [0.1, 0.15) is 52.6 Å². The van der Waals surface area contributed by atoms with Gasteiger partial charge in [-0.25, -0.2) is 19.6 Å². The first-order valence-electron chi connectivity index (χ1n) is 18.3. The van der Waals surface area contributed by atoms with Crippen LogP contribution < -0.4 is 20.7 Å². The summed E-state index contributed by atoms with van der Waals surface area (Å²) < 4.78 is 15.1. The zero-order valence-electron chi connectivity index (χ0n) is 31.9. The Morgan fingerprint density at radius 3 is 2.20 bits per heavy atom. The lowest BCUT2D eigenvalue weighted by Gasteiger charge is -2.50. The summed E-state index contributed by atoms with van der Waals surface area (Å²) in [5.41, 5.74) is -0.0722. The second-order valence-corrected chi connectivity index (χ2v) is 15.9. The van der Waals surface area contributed by atoms with Crippen molar-refractivity contribution in [2.24, 2.45) is 0 Å². The number of aromatic hydroxyl groups is 1. The number of carbonyl (C=O) groups excluding carboxylic acids is 6. The van der Waals surface area contributed by atoms with Crippen molar-refractivity contribution in [2.75, 3.05) is 0 Å². The van der Waals surface area contributed by atoms with E-state index < -0.39 is 63.5 Å². The highest BCUT2D eigenvalue weighted by Crippen LogP contribution is 2.56. The largest absolute Gasteiger partial charge is 0.514 e. The molecule has 2 aliphatic heterocycles. The zero-order chi connectivity index (χ0) is 41.9. The number of nitrogens with one attached hydrogen (secondary N) is 3. The first-order chi connectivity index (χ1) is 28.3. The van der Waals surface area contributed by atoms with Crippen LogP contribution in [0.3, 0.4) is 0 Å². The number of hydrogen-bond donors (Lipinski definition) is 4. The van der Waals surface area contributed by atoms with Crippen molar-refractivity contribution in [3.05, 3.63) is 131 Å². The number of thioether (sulfide) groups is 1. The molecule has 2 aromatic heterocycles. The molecular weight excluding hydrogens is 781 g/mol. The lowest BCUT2D eigenvalue weighted by Crippen LogP contribution is -2.80. The van der Waals surface area contributed by atoms with Crippen LogP contribution in [0.15, 0.2) is 103 Å². The minimum absolute atomic E-state index is 0.0331. The lowest BCUT2D eigenvalue weighted by molar-refractivity contribution is -0.181. The van der Waals surface area contributed by atoms with Crippen LogP contribution in [-0.2, 0) is 41.9 Å². The van der Waals surface area contributed by atoms with Crippen molar-refractivity contribution in [1.82, 2.24) is 30.8 Å². The average Bonchev–Trinajstić information content (AvgIpc) is 3.44. The number of ether oxygens (including phenoxy) is 3. The van der Waals surface area contributed by atoms with Gasteiger partial charge in [0.1, 0.15) is 47.7 Å². The summed E-state index contributed by atoms with van der Waals surface area (Å²) in [7, 11) is 0. The summed E-state index contributed by atoms with van der Waals surface area (Å²) in [6, 6.07) is 24.0. The molecule has 2 aliphatic rings. The maximum atomic E-state index is 14.8. The Balaban J connectivity index is 1.21. The predicted molar refractivity (Wildman–Crippen MR) is 212 cm³/mol. The van der Waals surface area contributed by atoms with E-state index in [9.17, 15) is 33.9 Å². The van der Waals surface area contributed by atoms with E-state index in [-0.39, 0.29) is 41.1 Å². The molecule has 16 nitrogen and oxygen atoms in total. The van der Waals surface area contributed by atoms with Gasteiger partial charge >= 0.3 is 12.1 Å². The number of carbonyl (C=O) groups is 6. The minimum Gasteiger partial charge on any atom is -0.506 e. The molecule has 7 rings (SSSR count). The van der Waals surface area contributed by atoms with Crippen LogP contribution in [0, 0.1) is 6.92 Å². The van der Waals surface area contributed by atoms with E-state index in [0.717, 1.165) is 11.8 Å². The standard InChI is InChI=1S/C42H38N6O10S/c1-24-14-19-29-33(50)30(20-43-34(29)45-24)35(51)46-31(27-15-17-28(18-16-27)58-40(55)57-22-26-12-8-5-9-13-26)36(52)47-42(39(54)56-21-25-10-6-4-7-11-25)41(2,3)59-38-32(44-23-49)37(53)48(38)42/h4-20,23,31-32,38H,21-22H2,1-3H3,(H,44,49)(H,46,51)(H,47,52)(H,43,45,50)/t31?,32-,38-,42+/m1/s1. The Morgan fingerprint density at radius 2 is 1.56 bits per heavy atom. The molecule has 0 aliphatic carbocycles. The molecular formula is C42H38N6O10S. The Hall–Kier alpha value is -7.01. The van der Waals surface area contributed by atoms with Gasteiger partial charge in [-0.2, -0.15) is 0 Å². The molecule has 0 bridgehead atoms. The van der Waals surface area contributed by atoms with E-state index in [4.69, 9.17) is 14.2 Å². The Labute approximate surface area is 341 Å². The Morgan fingerprint density at radius 1 is 0.915 bits per heavy atom. The molecule has 4 heterocycles. The van der Waals surface area contributed by atoms with Crippen LogP contribution in [0.2, 0.25) is 0 Å². The molecule has 2 saturated heterocycles. The molecule has 5 aromatic rings. The molecule has 3 aromatic carbocycles. The molecule has 302 valence electrons. The van der Waals surface area contributed by atoms with Gasteiger partial charge in [0.15, 0.2) is 5.65 Å². The summed E-state index contributed by atoms with van der Waals surface area (Å²) >= 11 is 1.17. The maximum Gasteiger partial charge on any atom is 0.514 e. The normalized spacial score (nSPS) is 19.4. The highest BCUT2D eigenvalue weighted by molar-refractivity contribution is 8.01. The molecule has 4 N–H and O–H groups in total. The summed E-state index contributed by atoms with van der Waals surface area (Å²) in [4.78, 5) is 90.6. The van der Waals surface area contributed by atoms with Gasteiger partial charge in [0.25, 0.3) is 11.8 Å². The van der Waals surface area contributed by atoms with Crippen LogP contribution in [0.25, 0.3) is 11.0 Å². The monoisotopic (exact) mass is 818 g/mol. The summed E-state index contributed by atoms with van der Waals surface area (Å²) in [6.07, 6.45) is 0.520. The van der Waals surface area contributed by atoms with Crippen LogP contribution >= 0.6 is 11.8 Å². The topological polar surface area (TPSA) is 215 Å². The van der Waals surface area contributed by atoms with E-state index in [0.29, 0.717) is 17.7 Å². The van der Waals surface area contributed by atoms with Crippen LogP contribution in [-0.4, -0.2) is 78.1 Å². The second kappa shape index (κ2) is 16.5. The lowest BCUT2D eigenvalue weighted by atomic mass is 9.87. The molecule has 17 heteroatoms. The van der Waals surface area contributed by atoms with Crippen molar-refractivity contribution in [3.63, 3.8) is 0 Å². The van der Waals surface area contributed by atoms with Gasteiger partial charge < -0.3 is 35.3 Å². The number of pyridine rings is 2. The van der Waals surface area contributed by atoms with Crippen LogP contribution in [0.4, 0.5) is 4.79 Å². The SMILES string of the molecule is Cc1ccc2c(O)c(C(=O)NC(C(=O)N[C@@]3(C(=O)OCc4ccccc4)N4C(=O)[C@@H](NC=O)[C@H]4SC3(C)C)c3ccc(OC(=O)OCc4ccccc4)cc3)cnc2n1. The van der Waals surface area contributed by atoms with Gasteiger partial charge in [0.2, 0.25) is 18.0 Å². The quantitative estimate of drug-likeness (QED) is 0.0568. The van der Waals surface area contributed by atoms with Gasteiger partial charge in [-0.1, -0.05) is 72.8 Å². The minimum atomic E-state index is -2.16. The van der Waals surface area contributed by atoms with E-state index in [1.807, 2.05) is 6.07 Å². The number of esters is 1. The van der Waals surface area contributed by atoms with Crippen molar-refractivity contribution in [2.45, 2.75) is 61.9 Å². The fourth-order valence-electron chi connectivity index (χ4n) is 6.93. The van der Waals surface area contributed by atoms with Gasteiger partial charge in [-0.05, 0) is 61.7 Å². The maximum absolute atomic E-state index is 14.8. The third kappa shape index (κ3) is 7.83. The first kappa shape index (κ1) is 40.2. The number of hydrogen-bond acceptors (Lipinski definition) is 13. The number of aromatic nitrogens is 2. The van der Waals surface area contributed by atoms with Gasteiger partial charge in [-0.3, -0.25) is 24.1 Å². The fourth-order valence-corrected chi connectivity index (χ4v) is 8.64. The zero-order valence-corrected chi connectivity index (χ0v) is 32.7. The first-order valence-corrected chi connectivity index (χ1v) is 19.2. The van der Waals surface area contributed by atoms with E-state index in [1.54, 1.807) is 87.5 Å². The third-order valence-corrected chi connectivity index (χ3v) is 11.6. The average molecular weight is 819 g/mol. The van der Waals surface area contributed by atoms with E-state index in [1.165, 1.54) is 40.9 Å². The Kier molecular flexibility index (Phi) is 11.2. The number of β-lactam (4-membered cyclic amide) rings is 1. The van der Waals surface area contributed by atoms with Gasteiger partial charge in [0.05, 0.1) is 10.1 Å². The summed E-state index contributed by atoms with van der Waals surface area (Å²) in [6.45, 7) is 4.82. The van der Waals surface area contributed by atoms with Crippen molar-refractivity contribution >= 4 is 59.1 Å². The molecule has 4 atom stereocenters. The predicted octanol–water partition coefficient (Wildman–Crippen LogP) is 4.19. The highest BCUT2D eigenvalue weighted by Gasteiger charge is 2.74. The molecule has 0 saturated carbocycles. The molecule has 4 amide bonds. The highest BCUT2D eigenvalue weighted by atomic mass is 32.2. The number of aryl methyl sites for hydroxylation is 1. The smallest absolute Gasteiger partial charge is 0.506 e. The van der Waals surface area contributed by atoms with E-state index in [2.05, 4.69) is 25.9 Å². The number of fused-ring (bicyclic) bond motifs is 2. The van der Waals surface area contributed by atoms with Crippen molar-refractivity contribution in [3.8, 4) is 11.5 Å². The molecule has 59 heavy (non-hydrogen) atoms. The summed E-state index contributed by atoms with van der Waals surface area (Å²) in [5.74, 6) is -3.87. The fraction of sp³-hybridized carbons (Fsp3) is 0.238. The summed E-state index contributed by atoms with van der Waals surface area (Å²) in [5, 5.41) is 18.5. The van der Waals surface area contributed by atoms with Crippen molar-refractivity contribution in [1.29, 1.82) is 0 Å². The second-order valence-electron chi connectivity index (χ2n) is 14.2. The number of benzene rings is 3. The molecule has 0 spiro atoms. The molecule has 1 unspecified atom stereocenters. The van der Waals surface area contributed by atoms with Crippen LogP contribution in [0.5, 0.6) is 11.5 Å². The number of amides is 4. The van der Waals surface area contributed by atoms with Crippen molar-refractivity contribution < 1.29 is 48.1 Å². The molecule has 2 fully saturated rings. The van der Waals surface area contributed by atoms with Gasteiger partial charge in [-0.15, -0.1) is 11.8 Å².